The molecule has 8 heteroatoms. The van der Waals surface area contributed by atoms with Gasteiger partial charge in [0.05, 0.1) is 24.9 Å². The molecule has 1 amide bonds. The minimum absolute atomic E-state index is 0.0812. The molecule has 1 saturated heterocycles. The van der Waals surface area contributed by atoms with E-state index in [0.717, 1.165) is 30.1 Å². The van der Waals surface area contributed by atoms with Crippen molar-refractivity contribution in [2.45, 2.75) is 13.5 Å². The van der Waals surface area contributed by atoms with Gasteiger partial charge >= 0.3 is 0 Å². The lowest BCUT2D eigenvalue weighted by Gasteiger charge is -2.36. The zero-order valence-electron chi connectivity index (χ0n) is 17.5. The summed E-state index contributed by atoms with van der Waals surface area (Å²) in [6.07, 6.45) is 0. The molecule has 1 aliphatic heterocycles. The first kappa shape index (κ1) is 21.5. The molecule has 0 saturated carbocycles. The highest BCUT2D eigenvalue weighted by molar-refractivity contribution is 6.33. The molecule has 1 aliphatic rings. The van der Waals surface area contributed by atoms with E-state index in [0.29, 0.717) is 41.1 Å². The lowest BCUT2D eigenvalue weighted by molar-refractivity contribution is 0.0746. The molecular formula is C23H24Cl2N4O2. The van der Waals surface area contributed by atoms with Crippen LogP contribution < -0.4 is 9.64 Å². The van der Waals surface area contributed by atoms with Crippen LogP contribution in [0.25, 0.3) is 0 Å². The Kier molecular flexibility index (Phi) is 6.39. The number of nitrogens with zero attached hydrogens (tertiary/aromatic N) is 4. The van der Waals surface area contributed by atoms with E-state index in [1.807, 2.05) is 60.4 Å². The van der Waals surface area contributed by atoms with Crippen LogP contribution in [0.15, 0.2) is 48.5 Å². The molecule has 2 aromatic carbocycles. The van der Waals surface area contributed by atoms with Crippen molar-refractivity contribution in [2.75, 3.05) is 38.2 Å². The van der Waals surface area contributed by atoms with E-state index in [1.54, 1.807) is 11.8 Å². The molecule has 0 aliphatic carbocycles. The number of rotatable bonds is 5. The average molecular weight is 459 g/mol. The smallest absolute Gasteiger partial charge is 0.259 e. The van der Waals surface area contributed by atoms with E-state index >= 15 is 0 Å². The number of ether oxygens (including phenoxy) is 1. The van der Waals surface area contributed by atoms with Gasteiger partial charge in [0, 0.05) is 36.9 Å². The van der Waals surface area contributed by atoms with Crippen LogP contribution in [0.4, 0.5) is 5.69 Å². The predicted molar refractivity (Wildman–Crippen MR) is 124 cm³/mol. The maximum Gasteiger partial charge on any atom is 0.259 e. The molecule has 0 N–H and O–H groups in total. The van der Waals surface area contributed by atoms with Gasteiger partial charge in [-0.25, -0.2) is 4.68 Å². The number of amides is 1. The van der Waals surface area contributed by atoms with Crippen LogP contribution in [0.5, 0.6) is 5.75 Å². The highest BCUT2D eigenvalue weighted by atomic mass is 35.5. The Balaban J connectivity index is 1.45. The monoisotopic (exact) mass is 458 g/mol. The molecular weight excluding hydrogens is 435 g/mol. The number of carbonyl (C=O) groups is 1. The van der Waals surface area contributed by atoms with Crippen molar-refractivity contribution >= 4 is 34.8 Å². The molecule has 0 spiro atoms. The van der Waals surface area contributed by atoms with Gasteiger partial charge in [0.1, 0.15) is 10.9 Å². The second kappa shape index (κ2) is 9.20. The molecule has 0 atom stereocenters. The summed E-state index contributed by atoms with van der Waals surface area (Å²) < 4.78 is 6.86. The molecule has 0 unspecified atom stereocenters. The molecule has 3 aromatic rings. The summed E-state index contributed by atoms with van der Waals surface area (Å²) in [5.41, 5.74) is 3.11. The highest BCUT2D eigenvalue weighted by Gasteiger charge is 2.28. The maximum atomic E-state index is 13.2. The topological polar surface area (TPSA) is 50.6 Å². The summed E-state index contributed by atoms with van der Waals surface area (Å²) in [5.74, 6) is 0.749. The fourth-order valence-corrected chi connectivity index (χ4v) is 4.32. The molecule has 1 fully saturated rings. The van der Waals surface area contributed by atoms with Gasteiger partial charge in [0.15, 0.2) is 0 Å². The minimum Gasteiger partial charge on any atom is -0.497 e. The Labute approximate surface area is 191 Å². The summed E-state index contributed by atoms with van der Waals surface area (Å²) in [6.45, 7) is 4.98. The quantitative estimate of drug-likeness (QED) is 0.563. The third-order valence-electron chi connectivity index (χ3n) is 5.56. The van der Waals surface area contributed by atoms with Gasteiger partial charge in [-0.2, -0.15) is 5.10 Å². The van der Waals surface area contributed by atoms with Gasteiger partial charge in [-0.15, -0.1) is 0 Å². The van der Waals surface area contributed by atoms with Gasteiger partial charge < -0.3 is 14.5 Å². The number of benzene rings is 2. The first-order chi connectivity index (χ1) is 15.0. The molecule has 2 heterocycles. The number of hydrogen-bond donors (Lipinski definition) is 0. The third-order valence-corrected chi connectivity index (χ3v) is 6.31. The van der Waals surface area contributed by atoms with E-state index in [2.05, 4.69) is 10.00 Å². The largest absolute Gasteiger partial charge is 0.497 e. The van der Waals surface area contributed by atoms with Gasteiger partial charge in [0.2, 0.25) is 0 Å². The van der Waals surface area contributed by atoms with Crippen LogP contribution >= 0.6 is 23.2 Å². The average Bonchev–Trinajstić information content (AvgIpc) is 3.07. The van der Waals surface area contributed by atoms with Crippen LogP contribution in [0, 0.1) is 6.92 Å². The SMILES string of the molecule is COc1ccc(N2CCN(C(=O)c3c(C)nn(Cc4ccccc4Cl)c3Cl)CC2)cc1. The Bertz CT molecular complexity index is 1070. The van der Waals surface area contributed by atoms with E-state index < -0.39 is 0 Å². The summed E-state index contributed by atoms with van der Waals surface area (Å²) in [7, 11) is 1.66. The van der Waals surface area contributed by atoms with Crippen molar-refractivity contribution in [1.82, 2.24) is 14.7 Å². The Morgan fingerprint density at radius 1 is 1.03 bits per heavy atom. The van der Waals surface area contributed by atoms with Crippen LogP contribution in [-0.2, 0) is 6.54 Å². The molecule has 6 nitrogen and oxygen atoms in total. The summed E-state index contributed by atoms with van der Waals surface area (Å²) >= 11 is 12.9. The molecule has 162 valence electrons. The lowest BCUT2D eigenvalue weighted by atomic mass is 10.2. The first-order valence-electron chi connectivity index (χ1n) is 10.1. The number of piperazine rings is 1. The predicted octanol–water partition coefficient (Wildman–Crippen LogP) is 4.52. The number of aromatic nitrogens is 2. The van der Waals surface area contributed by atoms with Crippen LogP contribution in [-0.4, -0.2) is 53.9 Å². The number of halogens is 2. The zero-order valence-corrected chi connectivity index (χ0v) is 19.0. The highest BCUT2D eigenvalue weighted by Crippen LogP contribution is 2.26. The summed E-state index contributed by atoms with van der Waals surface area (Å²) in [5, 5.41) is 5.49. The van der Waals surface area contributed by atoms with Gasteiger partial charge in [0.25, 0.3) is 5.91 Å². The molecule has 4 rings (SSSR count). The Hall–Kier alpha value is -2.70. The summed E-state index contributed by atoms with van der Waals surface area (Å²) in [4.78, 5) is 17.3. The number of carbonyl (C=O) groups excluding carboxylic acids is 1. The minimum atomic E-state index is -0.0812. The molecule has 1 aromatic heterocycles. The van der Waals surface area contributed by atoms with Crippen LogP contribution in [0.2, 0.25) is 10.2 Å². The van der Waals surface area contributed by atoms with Crippen LogP contribution in [0.1, 0.15) is 21.6 Å². The van der Waals surface area contributed by atoms with Crippen molar-refractivity contribution in [1.29, 1.82) is 0 Å². The van der Waals surface area contributed by atoms with Gasteiger partial charge in [-0.1, -0.05) is 41.4 Å². The normalized spacial score (nSPS) is 14.1. The lowest BCUT2D eigenvalue weighted by Crippen LogP contribution is -2.49. The Morgan fingerprint density at radius 2 is 1.71 bits per heavy atom. The van der Waals surface area contributed by atoms with Crippen molar-refractivity contribution in [2.24, 2.45) is 0 Å². The summed E-state index contributed by atoms with van der Waals surface area (Å²) in [6, 6.07) is 15.5. The van der Waals surface area contributed by atoms with E-state index in [1.165, 1.54) is 0 Å². The van der Waals surface area contributed by atoms with E-state index in [9.17, 15) is 4.79 Å². The molecule has 0 radical (unpaired) electrons. The number of aryl methyl sites for hydroxylation is 1. The standard InChI is InChI=1S/C23H24Cl2N4O2/c1-16-21(22(25)29(26-16)15-17-5-3-4-6-20(17)24)23(30)28-13-11-27(12-14-28)18-7-9-19(31-2)10-8-18/h3-10H,11-15H2,1-2H3. The number of anilines is 1. The van der Waals surface area contributed by atoms with Crippen molar-refractivity contribution in [3.63, 3.8) is 0 Å². The Morgan fingerprint density at radius 3 is 2.35 bits per heavy atom. The number of hydrogen-bond acceptors (Lipinski definition) is 4. The fraction of sp³-hybridized carbons (Fsp3) is 0.304. The van der Waals surface area contributed by atoms with Gasteiger partial charge in [-0.05, 0) is 42.8 Å². The first-order valence-corrected chi connectivity index (χ1v) is 10.9. The van der Waals surface area contributed by atoms with E-state index in [4.69, 9.17) is 27.9 Å². The second-order valence-electron chi connectivity index (χ2n) is 7.48. The fourth-order valence-electron chi connectivity index (χ4n) is 3.81. The molecule has 31 heavy (non-hydrogen) atoms. The molecule has 0 bridgehead atoms. The van der Waals surface area contributed by atoms with Crippen molar-refractivity contribution in [3.8, 4) is 5.75 Å². The third kappa shape index (κ3) is 4.50. The maximum absolute atomic E-state index is 13.2. The second-order valence-corrected chi connectivity index (χ2v) is 8.24. The van der Waals surface area contributed by atoms with E-state index in [-0.39, 0.29) is 5.91 Å². The van der Waals surface area contributed by atoms with Crippen molar-refractivity contribution in [3.05, 3.63) is 75.5 Å². The number of methoxy groups -OCH3 is 1. The van der Waals surface area contributed by atoms with Crippen LogP contribution in [0.3, 0.4) is 0 Å². The zero-order chi connectivity index (χ0) is 22.0. The van der Waals surface area contributed by atoms with Crippen molar-refractivity contribution < 1.29 is 9.53 Å². The van der Waals surface area contributed by atoms with Gasteiger partial charge in [-0.3, -0.25) is 4.79 Å².